The Balaban J connectivity index is 1.44. The fraction of sp³-hybridized carbons (Fsp3) is 0. The Hall–Kier alpha value is -4.50. The van der Waals surface area contributed by atoms with E-state index >= 15 is 0 Å². The van der Waals surface area contributed by atoms with Gasteiger partial charge in [-0.15, -0.1) is 22.7 Å². The van der Waals surface area contributed by atoms with Crippen LogP contribution in [0.5, 0.6) is 0 Å². The third-order valence-corrected chi connectivity index (χ3v) is 10.1. The molecule has 0 aliphatic rings. The number of hydrogen-bond donors (Lipinski definition) is 0. The molecule has 188 valence electrons. The first-order valence-corrected chi connectivity index (χ1v) is 15.2. The molecule has 0 saturated carbocycles. The molecule has 0 fully saturated rings. The fourth-order valence-corrected chi connectivity index (χ4v) is 8.33. The van der Waals surface area contributed by atoms with E-state index in [4.69, 9.17) is 0 Å². The molecule has 6 aromatic carbocycles. The molecule has 0 unspecified atom stereocenters. The van der Waals surface area contributed by atoms with E-state index in [0.717, 1.165) is 0 Å². The highest BCUT2D eigenvalue weighted by Gasteiger charge is 2.20. The van der Waals surface area contributed by atoms with Gasteiger partial charge in [-0.25, -0.2) is 0 Å². The smallest absolute Gasteiger partial charge is 0.0434 e. The van der Waals surface area contributed by atoms with Crippen molar-refractivity contribution in [3.63, 3.8) is 0 Å². The van der Waals surface area contributed by atoms with Crippen molar-refractivity contribution in [2.24, 2.45) is 0 Å². The minimum atomic E-state index is 1.24. The molecule has 0 N–H and O–H groups in total. The summed E-state index contributed by atoms with van der Waals surface area (Å²) in [6.45, 7) is 0. The fourth-order valence-electron chi connectivity index (χ4n) is 5.86. The average Bonchev–Trinajstić information content (AvgIpc) is 3.59. The number of benzene rings is 6. The SMILES string of the molecule is c1ccc(-c2ccccc2-c2sc(-c3cc4sc5ccccc5c4cc3-c3ccccc3)c3ccccc23)cc1. The van der Waals surface area contributed by atoms with Crippen LogP contribution in [0, 0.1) is 0 Å². The molecule has 0 nitrogen and oxygen atoms in total. The molecule has 0 radical (unpaired) electrons. The highest BCUT2D eigenvalue weighted by molar-refractivity contribution is 7.26. The first-order valence-electron chi connectivity index (χ1n) is 13.5. The van der Waals surface area contributed by atoms with E-state index in [9.17, 15) is 0 Å². The van der Waals surface area contributed by atoms with Crippen LogP contribution in [0.4, 0.5) is 0 Å². The summed E-state index contributed by atoms with van der Waals surface area (Å²) < 4.78 is 2.67. The van der Waals surface area contributed by atoms with Crippen LogP contribution in [0.1, 0.15) is 0 Å². The van der Waals surface area contributed by atoms with Crippen molar-refractivity contribution < 1.29 is 0 Å². The van der Waals surface area contributed by atoms with Gasteiger partial charge < -0.3 is 0 Å². The van der Waals surface area contributed by atoms with Crippen LogP contribution in [0.15, 0.2) is 146 Å². The Bertz CT molecular complexity index is 2150. The van der Waals surface area contributed by atoms with Crippen molar-refractivity contribution in [3.8, 4) is 43.1 Å². The Morgan fingerprint density at radius 1 is 0.300 bits per heavy atom. The van der Waals surface area contributed by atoms with Gasteiger partial charge in [0.25, 0.3) is 0 Å². The van der Waals surface area contributed by atoms with Crippen molar-refractivity contribution in [1.29, 1.82) is 0 Å². The van der Waals surface area contributed by atoms with Gasteiger partial charge in [0.2, 0.25) is 0 Å². The Morgan fingerprint density at radius 2 is 0.825 bits per heavy atom. The van der Waals surface area contributed by atoms with Crippen molar-refractivity contribution >= 4 is 53.6 Å². The molecule has 2 heteroatoms. The summed E-state index contributed by atoms with van der Waals surface area (Å²) in [5.74, 6) is 0. The van der Waals surface area contributed by atoms with E-state index < -0.39 is 0 Å². The maximum Gasteiger partial charge on any atom is 0.0434 e. The Morgan fingerprint density at radius 3 is 1.52 bits per heavy atom. The number of hydrogen-bond acceptors (Lipinski definition) is 2. The van der Waals surface area contributed by atoms with Crippen LogP contribution in [0.3, 0.4) is 0 Å². The molecule has 0 aliphatic carbocycles. The zero-order valence-electron chi connectivity index (χ0n) is 21.7. The zero-order valence-corrected chi connectivity index (χ0v) is 23.3. The minimum absolute atomic E-state index is 1.24. The summed E-state index contributed by atoms with van der Waals surface area (Å²) in [5.41, 5.74) is 7.63. The highest BCUT2D eigenvalue weighted by atomic mass is 32.1. The topological polar surface area (TPSA) is 0 Å². The van der Waals surface area contributed by atoms with Crippen LogP contribution >= 0.6 is 22.7 Å². The molecule has 2 aromatic heterocycles. The van der Waals surface area contributed by atoms with Gasteiger partial charge >= 0.3 is 0 Å². The van der Waals surface area contributed by atoms with E-state index in [1.54, 1.807) is 0 Å². The van der Waals surface area contributed by atoms with Crippen LogP contribution in [0.25, 0.3) is 74.1 Å². The maximum atomic E-state index is 2.44. The average molecular weight is 545 g/mol. The number of fused-ring (bicyclic) bond motifs is 4. The van der Waals surface area contributed by atoms with Gasteiger partial charge in [0.15, 0.2) is 0 Å². The summed E-state index contributed by atoms with van der Waals surface area (Å²) in [6, 6.07) is 53.0. The van der Waals surface area contributed by atoms with Gasteiger partial charge in [-0.2, -0.15) is 0 Å². The second-order valence-corrected chi connectivity index (χ2v) is 12.2. The summed E-state index contributed by atoms with van der Waals surface area (Å²) in [4.78, 5) is 2.65. The third-order valence-electron chi connectivity index (χ3n) is 7.72. The lowest BCUT2D eigenvalue weighted by atomic mass is 9.94. The van der Waals surface area contributed by atoms with Crippen LogP contribution in [-0.4, -0.2) is 0 Å². The summed E-state index contributed by atoms with van der Waals surface area (Å²) in [6.07, 6.45) is 0. The van der Waals surface area contributed by atoms with Gasteiger partial charge in [0.1, 0.15) is 0 Å². The lowest BCUT2D eigenvalue weighted by Gasteiger charge is -2.11. The normalized spacial score (nSPS) is 11.5. The molecule has 0 bridgehead atoms. The summed E-state index contributed by atoms with van der Waals surface area (Å²) in [7, 11) is 0. The van der Waals surface area contributed by atoms with Gasteiger partial charge in [-0.3, -0.25) is 0 Å². The van der Waals surface area contributed by atoms with Gasteiger partial charge in [0, 0.05) is 51.8 Å². The molecule has 0 amide bonds. The predicted octanol–water partition coefficient (Wildman–Crippen LogP) is 11.9. The van der Waals surface area contributed by atoms with Crippen molar-refractivity contribution in [1.82, 2.24) is 0 Å². The molecule has 2 heterocycles. The van der Waals surface area contributed by atoms with Gasteiger partial charge in [0.05, 0.1) is 0 Å². The quantitative estimate of drug-likeness (QED) is 0.207. The second-order valence-electron chi connectivity index (χ2n) is 10.1. The Labute approximate surface area is 241 Å². The predicted molar refractivity (Wildman–Crippen MR) is 176 cm³/mol. The molecular weight excluding hydrogens is 521 g/mol. The molecule has 0 saturated heterocycles. The number of rotatable bonds is 4. The lowest BCUT2D eigenvalue weighted by Crippen LogP contribution is -1.84. The lowest BCUT2D eigenvalue weighted by molar-refractivity contribution is 1.62. The Kier molecular flexibility index (Phi) is 5.62. The molecule has 0 spiro atoms. The van der Waals surface area contributed by atoms with Gasteiger partial charge in [-0.1, -0.05) is 127 Å². The molecule has 0 atom stereocenters. The first-order chi connectivity index (χ1) is 19.8. The largest absolute Gasteiger partial charge is 0.135 e. The molecule has 40 heavy (non-hydrogen) atoms. The minimum Gasteiger partial charge on any atom is -0.135 e. The van der Waals surface area contributed by atoms with Crippen molar-refractivity contribution in [2.45, 2.75) is 0 Å². The van der Waals surface area contributed by atoms with Crippen LogP contribution in [-0.2, 0) is 0 Å². The maximum absolute atomic E-state index is 2.44. The monoisotopic (exact) mass is 544 g/mol. The second kappa shape index (κ2) is 9.60. The molecule has 8 rings (SSSR count). The molecule has 8 aromatic rings. The summed E-state index contributed by atoms with van der Waals surface area (Å²) in [5, 5.41) is 5.28. The van der Waals surface area contributed by atoms with Crippen LogP contribution in [0.2, 0.25) is 0 Å². The first kappa shape index (κ1) is 23.4. The molecular formula is C38H24S2. The van der Waals surface area contributed by atoms with Gasteiger partial charge in [-0.05, 0) is 40.5 Å². The number of thiophene rings is 2. The van der Waals surface area contributed by atoms with E-state index in [2.05, 4.69) is 146 Å². The summed E-state index contributed by atoms with van der Waals surface area (Å²) >= 11 is 3.80. The van der Waals surface area contributed by atoms with Crippen molar-refractivity contribution in [2.75, 3.05) is 0 Å². The third kappa shape index (κ3) is 3.80. The highest BCUT2D eigenvalue weighted by Crippen LogP contribution is 2.50. The van der Waals surface area contributed by atoms with Crippen LogP contribution < -0.4 is 0 Å². The van der Waals surface area contributed by atoms with E-state index in [1.165, 1.54) is 74.1 Å². The van der Waals surface area contributed by atoms with E-state index in [1.807, 2.05) is 22.7 Å². The van der Waals surface area contributed by atoms with Crippen molar-refractivity contribution in [3.05, 3.63) is 146 Å². The molecule has 0 aliphatic heterocycles. The standard InChI is InChI=1S/C38H24S2/c1-3-13-25(14-4-1)27-17-7-8-19-29(27)37-30-20-9-10-21-31(30)38(40-37)34-24-36-33(28-18-11-12-22-35(28)39-36)23-32(34)26-15-5-2-6-16-26/h1-24H. The van der Waals surface area contributed by atoms with E-state index in [0.29, 0.717) is 0 Å². The zero-order chi connectivity index (χ0) is 26.5. The van der Waals surface area contributed by atoms with E-state index in [-0.39, 0.29) is 0 Å².